The minimum Gasteiger partial charge on any atom is -0.493 e. The second-order valence-electron chi connectivity index (χ2n) is 4.30. The summed E-state index contributed by atoms with van der Waals surface area (Å²) in [6.07, 6.45) is 0. The van der Waals surface area contributed by atoms with Crippen molar-refractivity contribution >= 4 is 11.1 Å². The van der Waals surface area contributed by atoms with E-state index in [9.17, 15) is 4.79 Å². The van der Waals surface area contributed by atoms with Gasteiger partial charge in [0.15, 0.2) is 17.1 Å². The van der Waals surface area contributed by atoms with Gasteiger partial charge in [-0.05, 0) is 35.4 Å². The first-order valence-electron chi connectivity index (χ1n) is 6.06. The molecule has 0 amide bonds. The third-order valence-electron chi connectivity index (χ3n) is 3.14. The Bertz CT molecular complexity index is 816. The van der Waals surface area contributed by atoms with Gasteiger partial charge in [0.05, 0.1) is 19.7 Å². The summed E-state index contributed by atoms with van der Waals surface area (Å²) >= 11 is 0. The molecule has 0 atom stereocenters. The fraction of sp³-hybridized carbons (Fsp3) is 0.133. The molecule has 3 aromatic rings. The Morgan fingerprint density at radius 3 is 2.40 bits per heavy atom. The van der Waals surface area contributed by atoms with Gasteiger partial charge in [-0.2, -0.15) is 0 Å². The molecule has 0 unspecified atom stereocenters. The van der Waals surface area contributed by atoms with Gasteiger partial charge in [0.25, 0.3) is 0 Å². The van der Waals surface area contributed by atoms with E-state index in [1.54, 1.807) is 14.2 Å². The van der Waals surface area contributed by atoms with E-state index >= 15 is 0 Å². The van der Waals surface area contributed by atoms with Crippen molar-refractivity contribution in [3.05, 3.63) is 46.9 Å². The molecule has 0 radical (unpaired) electrons. The standard InChI is InChI=1S/C15H13NO4/c1-18-12-6-4-10(8-14(12)19-2)9-3-5-11-13(7-9)20-15(17)16-11/h3-8H,1-2H3,(H,16,17). The maximum absolute atomic E-state index is 11.2. The molecule has 0 aliphatic heterocycles. The molecule has 20 heavy (non-hydrogen) atoms. The van der Waals surface area contributed by atoms with Crippen LogP contribution in [0.5, 0.6) is 11.5 Å². The minimum atomic E-state index is -0.454. The molecule has 3 rings (SSSR count). The zero-order valence-corrected chi connectivity index (χ0v) is 11.1. The molecular weight excluding hydrogens is 258 g/mol. The van der Waals surface area contributed by atoms with Crippen LogP contribution in [0, 0.1) is 0 Å². The number of methoxy groups -OCH3 is 2. The summed E-state index contributed by atoms with van der Waals surface area (Å²) in [6, 6.07) is 11.2. The number of nitrogens with one attached hydrogen (secondary N) is 1. The molecule has 1 aromatic heterocycles. The van der Waals surface area contributed by atoms with Crippen LogP contribution in [0.2, 0.25) is 0 Å². The Morgan fingerprint density at radius 2 is 1.65 bits per heavy atom. The average molecular weight is 271 g/mol. The Balaban J connectivity index is 2.12. The normalized spacial score (nSPS) is 10.7. The molecule has 0 aliphatic carbocycles. The number of ether oxygens (including phenoxy) is 2. The van der Waals surface area contributed by atoms with Gasteiger partial charge in [-0.3, -0.25) is 4.98 Å². The average Bonchev–Trinajstić information content (AvgIpc) is 2.85. The van der Waals surface area contributed by atoms with E-state index in [0.29, 0.717) is 22.6 Å². The van der Waals surface area contributed by atoms with Gasteiger partial charge in [-0.1, -0.05) is 12.1 Å². The lowest BCUT2D eigenvalue weighted by molar-refractivity contribution is 0.355. The summed E-state index contributed by atoms with van der Waals surface area (Å²) in [5.74, 6) is 0.871. The molecule has 1 N–H and O–H groups in total. The summed E-state index contributed by atoms with van der Waals surface area (Å²) in [5, 5.41) is 0. The molecule has 0 fully saturated rings. The molecule has 5 heteroatoms. The Kier molecular flexibility index (Phi) is 2.95. The van der Waals surface area contributed by atoms with Crippen molar-refractivity contribution in [2.45, 2.75) is 0 Å². The van der Waals surface area contributed by atoms with Crippen LogP contribution in [0.1, 0.15) is 0 Å². The number of fused-ring (bicyclic) bond motifs is 1. The summed E-state index contributed by atoms with van der Waals surface area (Å²) < 4.78 is 15.6. The zero-order valence-electron chi connectivity index (χ0n) is 11.1. The van der Waals surface area contributed by atoms with Crippen molar-refractivity contribution in [1.82, 2.24) is 4.98 Å². The molecule has 0 spiro atoms. The second kappa shape index (κ2) is 4.77. The number of rotatable bonds is 3. The van der Waals surface area contributed by atoms with Crippen molar-refractivity contribution in [2.24, 2.45) is 0 Å². The maximum Gasteiger partial charge on any atom is 0.417 e. The third kappa shape index (κ3) is 2.03. The summed E-state index contributed by atoms with van der Waals surface area (Å²) in [7, 11) is 3.19. The number of hydrogen-bond donors (Lipinski definition) is 1. The first-order valence-corrected chi connectivity index (χ1v) is 6.06. The highest BCUT2D eigenvalue weighted by Crippen LogP contribution is 2.33. The van der Waals surface area contributed by atoms with Gasteiger partial charge in [0.2, 0.25) is 0 Å². The van der Waals surface area contributed by atoms with Gasteiger partial charge < -0.3 is 13.9 Å². The molecule has 2 aromatic carbocycles. The highest BCUT2D eigenvalue weighted by Gasteiger charge is 2.08. The molecule has 5 nitrogen and oxygen atoms in total. The number of hydrogen-bond acceptors (Lipinski definition) is 4. The molecule has 1 heterocycles. The van der Waals surface area contributed by atoms with E-state index in [2.05, 4.69) is 4.98 Å². The molecule has 0 bridgehead atoms. The topological polar surface area (TPSA) is 64.5 Å². The quantitative estimate of drug-likeness (QED) is 0.795. The van der Waals surface area contributed by atoms with Gasteiger partial charge in [0, 0.05) is 0 Å². The SMILES string of the molecule is COc1ccc(-c2ccc3[nH]c(=O)oc3c2)cc1OC. The number of aromatic nitrogens is 1. The zero-order chi connectivity index (χ0) is 14.1. The van der Waals surface area contributed by atoms with Crippen molar-refractivity contribution in [3.63, 3.8) is 0 Å². The smallest absolute Gasteiger partial charge is 0.417 e. The molecule has 0 saturated heterocycles. The van der Waals surface area contributed by atoms with Crippen LogP contribution in [0.25, 0.3) is 22.2 Å². The van der Waals surface area contributed by atoms with E-state index in [-0.39, 0.29) is 0 Å². The highest BCUT2D eigenvalue weighted by atomic mass is 16.5. The highest BCUT2D eigenvalue weighted by molar-refractivity contribution is 5.80. The van der Waals surface area contributed by atoms with Crippen molar-refractivity contribution < 1.29 is 13.9 Å². The maximum atomic E-state index is 11.2. The van der Waals surface area contributed by atoms with E-state index in [1.807, 2.05) is 36.4 Å². The van der Waals surface area contributed by atoms with Crippen LogP contribution in [0.4, 0.5) is 0 Å². The van der Waals surface area contributed by atoms with Gasteiger partial charge in [-0.25, -0.2) is 4.79 Å². The van der Waals surface area contributed by atoms with Gasteiger partial charge in [-0.15, -0.1) is 0 Å². The lowest BCUT2D eigenvalue weighted by Crippen LogP contribution is -1.92. The predicted octanol–water partition coefficient (Wildman–Crippen LogP) is 2.81. The fourth-order valence-corrected chi connectivity index (χ4v) is 2.14. The number of aromatic amines is 1. The van der Waals surface area contributed by atoms with E-state index in [4.69, 9.17) is 13.9 Å². The summed E-state index contributed by atoms with van der Waals surface area (Å²) in [4.78, 5) is 13.8. The van der Waals surface area contributed by atoms with E-state index < -0.39 is 5.76 Å². The van der Waals surface area contributed by atoms with Crippen molar-refractivity contribution in [2.75, 3.05) is 14.2 Å². The summed E-state index contributed by atoms with van der Waals surface area (Å²) in [6.45, 7) is 0. The van der Waals surface area contributed by atoms with Gasteiger partial charge >= 0.3 is 5.76 Å². The van der Waals surface area contributed by atoms with Crippen molar-refractivity contribution in [3.8, 4) is 22.6 Å². The fourth-order valence-electron chi connectivity index (χ4n) is 2.14. The van der Waals surface area contributed by atoms with Crippen LogP contribution in [0.3, 0.4) is 0 Å². The number of H-pyrrole nitrogens is 1. The van der Waals surface area contributed by atoms with Crippen LogP contribution < -0.4 is 15.2 Å². The first-order chi connectivity index (χ1) is 9.71. The molecule has 0 saturated carbocycles. The van der Waals surface area contributed by atoms with E-state index in [1.165, 1.54) is 0 Å². The lowest BCUT2D eigenvalue weighted by Gasteiger charge is -2.09. The monoisotopic (exact) mass is 271 g/mol. The first kappa shape index (κ1) is 12.3. The van der Waals surface area contributed by atoms with Gasteiger partial charge in [0.1, 0.15) is 0 Å². The van der Waals surface area contributed by atoms with Crippen LogP contribution in [-0.2, 0) is 0 Å². The summed E-state index contributed by atoms with van der Waals surface area (Å²) in [5.41, 5.74) is 3.09. The Hall–Kier alpha value is -2.69. The largest absolute Gasteiger partial charge is 0.493 e. The van der Waals surface area contributed by atoms with Crippen LogP contribution in [-0.4, -0.2) is 19.2 Å². The Morgan fingerprint density at radius 1 is 0.950 bits per heavy atom. The predicted molar refractivity (Wildman–Crippen MR) is 75.4 cm³/mol. The number of benzene rings is 2. The third-order valence-corrected chi connectivity index (χ3v) is 3.14. The minimum absolute atomic E-state index is 0.454. The lowest BCUT2D eigenvalue weighted by atomic mass is 10.0. The molecule has 102 valence electrons. The van der Waals surface area contributed by atoms with Crippen LogP contribution in [0.15, 0.2) is 45.6 Å². The molecular formula is C15H13NO4. The molecule has 0 aliphatic rings. The number of oxazole rings is 1. The van der Waals surface area contributed by atoms with Crippen LogP contribution >= 0.6 is 0 Å². The van der Waals surface area contributed by atoms with Crippen molar-refractivity contribution in [1.29, 1.82) is 0 Å². The Labute approximate surface area is 114 Å². The second-order valence-corrected chi connectivity index (χ2v) is 4.30. The van der Waals surface area contributed by atoms with E-state index in [0.717, 1.165) is 11.1 Å².